The summed E-state index contributed by atoms with van der Waals surface area (Å²) in [4.78, 5) is 0. The van der Waals surface area contributed by atoms with Gasteiger partial charge in [-0.3, -0.25) is 0 Å². The number of aliphatic hydroxyl groups excluding tert-OH is 1. The van der Waals surface area contributed by atoms with E-state index in [1.807, 2.05) is 6.92 Å². The number of fused-ring (bicyclic) bond motifs is 1. The summed E-state index contributed by atoms with van der Waals surface area (Å²) in [5.74, 6) is 1.52. The molecule has 1 heterocycles. The van der Waals surface area contributed by atoms with Crippen molar-refractivity contribution in [2.24, 2.45) is 0 Å². The first-order valence-corrected chi connectivity index (χ1v) is 8.66. The molecule has 2 aromatic rings. The zero-order valence-corrected chi connectivity index (χ0v) is 15.2. The molecular formula is C21H27NO2. The fourth-order valence-corrected chi connectivity index (χ4v) is 3.76. The fourth-order valence-electron chi connectivity index (χ4n) is 3.76. The van der Waals surface area contributed by atoms with Crippen LogP contribution in [0.5, 0.6) is 5.75 Å². The molecule has 0 aromatic heterocycles. The average Bonchev–Trinajstić information content (AvgIpc) is 2.97. The maximum absolute atomic E-state index is 10.2. The topological polar surface area (TPSA) is 55.5 Å². The van der Waals surface area contributed by atoms with Crippen molar-refractivity contribution in [3.8, 4) is 5.75 Å². The van der Waals surface area contributed by atoms with Crippen LogP contribution in [0.25, 0.3) is 0 Å². The number of nitrogen functional groups attached to an aromatic ring is 1. The van der Waals surface area contributed by atoms with Gasteiger partial charge in [-0.25, -0.2) is 0 Å². The van der Waals surface area contributed by atoms with E-state index < -0.39 is 6.10 Å². The van der Waals surface area contributed by atoms with Gasteiger partial charge in [-0.15, -0.1) is 0 Å². The molecule has 0 radical (unpaired) electrons. The molecular weight excluding hydrogens is 298 g/mol. The van der Waals surface area contributed by atoms with Gasteiger partial charge in [-0.05, 0) is 48.9 Å². The molecule has 1 aliphatic heterocycles. The maximum atomic E-state index is 10.2. The van der Waals surface area contributed by atoms with Crippen LogP contribution in [0.4, 0.5) is 5.69 Å². The molecule has 0 bridgehead atoms. The number of hydrogen-bond donors (Lipinski definition) is 2. The average molecular weight is 325 g/mol. The summed E-state index contributed by atoms with van der Waals surface area (Å²) in [6.07, 6.45) is -0.594. The Morgan fingerprint density at radius 3 is 2.25 bits per heavy atom. The highest BCUT2D eigenvalue weighted by Gasteiger charge is 2.33. The van der Waals surface area contributed by atoms with Gasteiger partial charge in [-0.2, -0.15) is 0 Å². The Morgan fingerprint density at radius 2 is 1.71 bits per heavy atom. The van der Waals surface area contributed by atoms with E-state index in [0.717, 1.165) is 33.7 Å². The smallest absolute Gasteiger partial charge is 0.129 e. The zero-order chi connectivity index (χ0) is 17.6. The van der Waals surface area contributed by atoms with Crippen LogP contribution in [0.15, 0.2) is 24.3 Å². The Balaban J connectivity index is 2.12. The predicted octanol–water partition coefficient (Wildman–Crippen LogP) is 4.59. The quantitative estimate of drug-likeness (QED) is 0.812. The number of anilines is 1. The molecule has 3 heteroatoms. The first-order chi connectivity index (χ1) is 11.3. The highest BCUT2D eigenvalue weighted by Crippen LogP contribution is 2.48. The van der Waals surface area contributed by atoms with Gasteiger partial charge in [-0.1, -0.05) is 38.1 Å². The lowest BCUT2D eigenvalue weighted by atomic mass is 9.85. The maximum Gasteiger partial charge on any atom is 0.129 e. The summed E-state index contributed by atoms with van der Waals surface area (Å²) >= 11 is 0. The first kappa shape index (κ1) is 16.8. The zero-order valence-electron chi connectivity index (χ0n) is 15.2. The molecule has 1 aliphatic rings. The Hall–Kier alpha value is -2.00. The van der Waals surface area contributed by atoms with Crippen LogP contribution >= 0.6 is 0 Å². The van der Waals surface area contributed by atoms with Crippen molar-refractivity contribution in [3.63, 3.8) is 0 Å². The Kier molecular flexibility index (Phi) is 4.31. The number of benzene rings is 2. The molecule has 0 fully saturated rings. The molecule has 0 spiro atoms. The fraction of sp³-hybridized carbons (Fsp3) is 0.429. The van der Waals surface area contributed by atoms with Crippen LogP contribution in [0.3, 0.4) is 0 Å². The Labute approximate surface area is 144 Å². The van der Waals surface area contributed by atoms with Crippen LogP contribution in [0.2, 0.25) is 0 Å². The van der Waals surface area contributed by atoms with Crippen LogP contribution in [-0.2, 0) is 0 Å². The van der Waals surface area contributed by atoms with Crippen molar-refractivity contribution in [2.75, 3.05) is 12.3 Å². The minimum atomic E-state index is -0.594. The second kappa shape index (κ2) is 6.14. The van der Waals surface area contributed by atoms with Crippen molar-refractivity contribution in [1.29, 1.82) is 0 Å². The molecule has 2 aromatic carbocycles. The van der Waals surface area contributed by atoms with Crippen LogP contribution in [0.1, 0.15) is 72.1 Å². The lowest BCUT2D eigenvalue weighted by Gasteiger charge is -2.20. The summed E-state index contributed by atoms with van der Waals surface area (Å²) in [6.45, 7) is 10.8. The molecule has 0 saturated carbocycles. The lowest BCUT2D eigenvalue weighted by molar-refractivity contribution is 0.192. The number of nitrogens with two attached hydrogens (primary N) is 1. The van der Waals surface area contributed by atoms with Gasteiger partial charge in [0.15, 0.2) is 0 Å². The lowest BCUT2D eigenvalue weighted by Crippen LogP contribution is -2.07. The molecule has 3 rings (SSSR count). The van der Waals surface area contributed by atoms with E-state index in [-0.39, 0.29) is 5.92 Å². The van der Waals surface area contributed by atoms with Crippen LogP contribution in [0, 0.1) is 13.8 Å². The van der Waals surface area contributed by atoms with Crippen molar-refractivity contribution < 1.29 is 9.84 Å². The van der Waals surface area contributed by atoms with Crippen molar-refractivity contribution >= 4 is 5.69 Å². The highest BCUT2D eigenvalue weighted by molar-refractivity contribution is 5.69. The number of hydrogen-bond acceptors (Lipinski definition) is 3. The normalized spacial score (nSPS) is 17.7. The van der Waals surface area contributed by atoms with E-state index in [2.05, 4.69) is 45.0 Å². The van der Waals surface area contributed by atoms with Gasteiger partial charge in [0.25, 0.3) is 0 Å². The van der Waals surface area contributed by atoms with E-state index >= 15 is 0 Å². The van der Waals surface area contributed by atoms with Crippen molar-refractivity contribution in [2.45, 2.75) is 52.6 Å². The minimum absolute atomic E-state index is 0.168. The summed E-state index contributed by atoms with van der Waals surface area (Å²) < 4.78 is 6.04. The summed E-state index contributed by atoms with van der Waals surface area (Å²) in [5, 5.41) is 10.2. The van der Waals surface area contributed by atoms with Crippen molar-refractivity contribution in [3.05, 3.63) is 57.6 Å². The second-order valence-electron chi connectivity index (χ2n) is 7.18. The van der Waals surface area contributed by atoms with Crippen molar-refractivity contribution in [1.82, 2.24) is 0 Å². The molecule has 2 atom stereocenters. The second-order valence-corrected chi connectivity index (χ2v) is 7.18. The highest BCUT2D eigenvalue weighted by atomic mass is 16.5. The molecule has 0 aliphatic carbocycles. The minimum Gasteiger partial charge on any atom is -0.492 e. The first-order valence-electron chi connectivity index (χ1n) is 8.66. The molecule has 3 nitrogen and oxygen atoms in total. The van der Waals surface area contributed by atoms with Crippen LogP contribution in [-0.4, -0.2) is 11.7 Å². The van der Waals surface area contributed by atoms with Gasteiger partial charge in [0.2, 0.25) is 0 Å². The van der Waals surface area contributed by atoms with Gasteiger partial charge >= 0.3 is 0 Å². The molecule has 3 N–H and O–H groups in total. The standard InChI is InChI=1S/C21H27NO2/c1-11(2)15-6-8-16(9-7-15)17-10-24-21-18(14(5)23)12(3)20(22)13(4)19(17)21/h6-9,11,14,17,23H,10,22H2,1-5H3/t14-,17-/m1/s1. The van der Waals surface area contributed by atoms with Gasteiger partial charge in [0.05, 0.1) is 12.7 Å². The molecule has 0 saturated heterocycles. The van der Waals surface area contributed by atoms with E-state index in [0.29, 0.717) is 12.5 Å². The SMILES string of the molecule is Cc1c(N)c(C)c([C@@H](C)O)c2c1[C@@H](c1ccc(C(C)C)cc1)CO2. The van der Waals surface area contributed by atoms with Gasteiger partial charge < -0.3 is 15.6 Å². The third kappa shape index (κ3) is 2.57. The number of rotatable bonds is 3. The van der Waals surface area contributed by atoms with Gasteiger partial charge in [0, 0.05) is 22.7 Å². The number of aliphatic hydroxyl groups is 1. The largest absolute Gasteiger partial charge is 0.492 e. The summed E-state index contributed by atoms with van der Waals surface area (Å²) in [5.41, 5.74) is 13.6. The summed E-state index contributed by atoms with van der Waals surface area (Å²) in [6, 6.07) is 8.77. The summed E-state index contributed by atoms with van der Waals surface area (Å²) in [7, 11) is 0. The van der Waals surface area contributed by atoms with Gasteiger partial charge in [0.1, 0.15) is 5.75 Å². The van der Waals surface area contributed by atoms with Crippen LogP contribution < -0.4 is 10.5 Å². The Bertz CT molecular complexity index is 761. The molecule has 0 unspecified atom stereocenters. The van der Waals surface area contributed by atoms with E-state index in [1.165, 1.54) is 11.1 Å². The number of ether oxygens (including phenoxy) is 1. The Morgan fingerprint density at radius 1 is 1.08 bits per heavy atom. The van der Waals surface area contributed by atoms with E-state index in [1.54, 1.807) is 6.92 Å². The van der Waals surface area contributed by atoms with E-state index in [4.69, 9.17) is 10.5 Å². The molecule has 0 amide bonds. The third-order valence-corrected chi connectivity index (χ3v) is 5.27. The predicted molar refractivity (Wildman–Crippen MR) is 98.8 cm³/mol. The molecule has 128 valence electrons. The third-order valence-electron chi connectivity index (χ3n) is 5.27. The van der Waals surface area contributed by atoms with E-state index in [9.17, 15) is 5.11 Å². The monoisotopic (exact) mass is 325 g/mol. The molecule has 24 heavy (non-hydrogen) atoms.